The highest BCUT2D eigenvalue weighted by Crippen LogP contribution is 2.29. The molecule has 2 fully saturated rings. The van der Waals surface area contributed by atoms with Crippen LogP contribution < -0.4 is 15.6 Å². The zero-order valence-corrected chi connectivity index (χ0v) is 18.0. The topological polar surface area (TPSA) is 105 Å². The van der Waals surface area contributed by atoms with Crippen LogP contribution in [0.25, 0.3) is 16.9 Å². The molecule has 9 nitrogen and oxygen atoms in total. The number of H-pyrrole nitrogens is 1. The number of methoxy groups -OCH3 is 1. The van der Waals surface area contributed by atoms with Crippen LogP contribution in [0.4, 0.5) is 0 Å². The number of aromatic nitrogens is 4. The molecule has 32 heavy (non-hydrogen) atoms. The zero-order valence-electron chi connectivity index (χ0n) is 18.0. The zero-order chi connectivity index (χ0) is 22.1. The molecule has 1 aliphatic carbocycles. The molecule has 2 aliphatic rings. The van der Waals surface area contributed by atoms with Gasteiger partial charge >= 0.3 is 0 Å². The third-order valence-corrected chi connectivity index (χ3v) is 6.19. The molecule has 166 valence electrons. The van der Waals surface area contributed by atoms with E-state index in [1.165, 1.54) is 30.8 Å². The summed E-state index contributed by atoms with van der Waals surface area (Å²) in [6, 6.07) is 7.78. The Morgan fingerprint density at radius 3 is 2.66 bits per heavy atom. The molecule has 9 heteroatoms. The Labute approximate surface area is 185 Å². The van der Waals surface area contributed by atoms with Gasteiger partial charge in [-0.2, -0.15) is 0 Å². The summed E-state index contributed by atoms with van der Waals surface area (Å²) in [5, 5.41) is 6.06. The van der Waals surface area contributed by atoms with Crippen molar-refractivity contribution in [1.29, 1.82) is 0 Å². The average molecular weight is 435 g/mol. The van der Waals surface area contributed by atoms with Crippen LogP contribution in [0.5, 0.6) is 5.88 Å². The maximum atomic E-state index is 12.9. The van der Waals surface area contributed by atoms with Crippen LogP contribution in [0.15, 0.2) is 47.7 Å². The van der Waals surface area contributed by atoms with E-state index in [9.17, 15) is 9.59 Å². The van der Waals surface area contributed by atoms with E-state index in [0.29, 0.717) is 28.4 Å². The van der Waals surface area contributed by atoms with Gasteiger partial charge in [-0.05, 0) is 49.4 Å². The van der Waals surface area contributed by atoms with Crippen molar-refractivity contribution in [3.8, 4) is 22.8 Å². The molecule has 1 saturated carbocycles. The van der Waals surface area contributed by atoms with Crippen LogP contribution in [0, 0.1) is 0 Å². The molecule has 0 aromatic carbocycles. The fraction of sp³-hybridized carbons (Fsp3) is 0.391. The van der Waals surface area contributed by atoms with E-state index in [1.54, 1.807) is 36.7 Å². The van der Waals surface area contributed by atoms with E-state index in [-0.39, 0.29) is 17.5 Å². The highest BCUT2D eigenvalue weighted by molar-refractivity contribution is 5.94. The number of amides is 1. The second kappa shape index (κ2) is 8.58. The third kappa shape index (κ3) is 4.16. The van der Waals surface area contributed by atoms with E-state index in [2.05, 4.69) is 25.3 Å². The largest absolute Gasteiger partial charge is 0.481 e. The van der Waals surface area contributed by atoms with Crippen LogP contribution in [0.1, 0.15) is 36.0 Å². The molecule has 1 aliphatic heterocycles. The lowest BCUT2D eigenvalue weighted by atomic mass is 10.0. The van der Waals surface area contributed by atoms with Crippen LogP contribution in [-0.4, -0.2) is 62.8 Å². The molecule has 1 amide bonds. The summed E-state index contributed by atoms with van der Waals surface area (Å²) >= 11 is 0. The van der Waals surface area contributed by atoms with E-state index in [0.717, 1.165) is 32.0 Å². The van der Waals surface area contributed by atoms with Crippen molar-refractivity contribution in [2.45, 2.75) is 37.8 Å². The number of nitrogens with zero attached hydrogens (tertiary/aromatic N) is 4. The van der Waals surface area contributed by atoms with Gasteiger partial charge in [-0.3, -0.25) is 14.7 Å². The molecule has 3 aromatic rings. The summed E-state index contributed by atoms with van der Waals surface area (Å²) in [5.74, 6) is 0.718. The number of aromatic amines is 1. The van der Waals surface area contributed by atoms with Crippen LogP contribution >= 0.6 is 0 Å². The molecule has 0 spiro atoms. The number of carbonyl (C=O) groups is 1. The maximum Gasteiger partial charge on any atom is 0.280 e. The first-order valence-corrected chi connectivity index (χ1v) is 10.9. The summed E-state index contributed by atoms with van der Waals surface area (Å²) < 4.78 is 6.48. The highest BCUT2D eigenvalue weighted by Gasteiger charge is 2.32. The Morgan fingerprint density at radius 1 is 1.16 bits per heavy atom. The molecule has 4 heterocycles. The molecule has 3 aromatic heterocycles. The Bertz CT molecular complexity index is 1160. The van der Waals surface area contributed by atoms with Crippen molar-refractivity contribution in [2.75, 3.05) is 20.2 Å². The minimum atomic E-state index is -0.245. The maximum absolute atomic E-state index is 12.9. The van der Waals surface area contributed by atoms with Crippen molar-refractivity contribution in [3.63, 3.8) is 0 Å². The number of hydrogen-bond acceptors (Lipinski definition) is 6. The Kier molecular flexibility index (Phi) is 5.48. The smallest absolute Gasteiger partial charge is 0.280 e. The summed E-state index contributed by atoms with van der Waals surface area (Å²) in [7, 11) is 1.53. The van der Waals surface area contributed by atoms with Gasteiger partial charge in [0.25, 0.3) is 11.5 Å². The van der Waals surface area contributed by atoms with Gasteiger partial charge < -0.3 is 15.0 Å². The first kappa shape index (κ1) is 20.4. The van der Waals surface area contributed by atoms with Crippen LogP contribution in [0.2, 0.25) is 0 Å². The van der Waals surface area contributed by atoms with Gasteiger partial charge in [0.15, 0.2) is 5.82 Å². The molecular weight excluding hydrogens is 408 g/mol. The lowest BCUT2D eigenvalue weighted by Crippen LogP contribution is -2.45. The van der Waals surface area contributed by atoms with Gasteiger partial charge in [-0.25, -0.2) is 14.6 Å². The second-order valence-corrected chi connectivity index (χ2v) is 8.33. The lowest BCUT2D eigenvalue weighted by molar-refractivity contribution is 0.0908. The molecule has 0 atom stereocenters. The fourth-order valence-corrected chi connectivity index (χ4v) is 4.21. The summed E-state index contributed by atoms with van der Waals surface area (Å²) in [6.45, 7) is 2.10. The van der Waals surface area contributed by atoms with Crippen molar-refractivity contribution >= 4 is 5.91 Å². The van der Waals surface area contributed by atoms with Crippen molar-refractivity contribution < 1.29 is 9.53 Å². The Hall–Kier alpha value is -3.46. The van der Waals surface area contributed by atoms with E-state index >= 15 is 0 Å². The first-order chi connectivity index (χ1) is 15.6. The van der Waals surface area contributed by atoms with Gasteiger partial charge in [0.2, 0.25) is 5.88 Å². The standard InChI is InChI=1S/C23H26N6O3/c1-32-21-12-15(6-9-24-21)19-14-26-29(23(19)31)20-5-2-16(13-25-20)22(30)27-17-7-10-28(11-8-17)18-3-4-18/h2,5-6,9,12-14,17-18,26H,3-4,7-8,10-11H2,1H3,(H,27,30). The van der Waals surface area contributed by atoms with Crippen LogP contribution in [-0.2, 0) is 0 Å². The van der Waals surface area contributed by atoms with E-state index < -0.39 is 0 Å². The van der Waals surface area contributed by atoms with Crippen molar-refractivity contribution in [3.05, 3.63) is 58.8 Å². The summed E-state index contributed by atoms with van der Waals surface area (Å²) in [4.78, 5) is 36.5. The van der Waals surface area contributed by atoms with Crippen molar-refractivity contribution in [1.82, 2.24) is 30.0 Å². The number of rotatable bonds is 6. The highest BCUT2D eigenvalue weighted by atomic mass is 16.5. The minimum absolute atomic E-state index is 0.127. The quantitative estimate of drug-likeness (QED) is 0.615. The fourth-order valence-electron chi connectivity index (χ4n) is 4.21. The third-order valence-electron chi connectivity index (χ3n) is 6.19. The summed E-state index contributed by atoms with van der Waals surface area (Å²) in [5.41, 5.74) is 1.41. The monoisotopic (exact) mass is 434 g/mol. The molecule has 0 bridgehead atoms. The second-order valence-electron chi connectivity index (χ2n) is 8.33. The number of carbonyl (C=O) groups excluding carboxylic acids is 1. The SMILES string of the molecule is COc1cc(-c2c[nH]n(-c3ccc(C(=O)NC4CCN(C5CC5)CC4)cn3)c2=O)ccn1. The number of pyridine rings is 2. The Morgan fingerprint density at radius 2 is 1.97 bits per heavy atom. The number of nitrogens with one attached hydrogen (secondary N) is 2. The molecule has 2 N–H and O–H groups in total. The molecule has 0 radical (unpaired) electrons. The number of ether oxygens (including phenoxy) is 1. The normalized spacial score (nSPS) is 17.3. The Balaban J connectivity index is 1.26. The molecular formula is C23H26N6O3. The average Bonchev–Trinajstić information content (AvgIpc) is 3.61. The van der Waals surface area contributed by atoms with E-state index in [4.69, 9.17) is 4.74 Å². The van der Waals surface area contributed by atoms with Crippen LogP contribution in [0.3, 0.4) is 0 Å². The van der Waals surface area contributed by atoms with Gasteiger partial charge in [0.1, 0.15) is 0 Å². The first-order valence-electron chi connectivity index (χ1n) is 10.9. The van der Waals surface area contributed by atoms with Gasteiger partial charge in [0, 0.05) is 49.8 Å². The van der Waals surface area contributed by atoms with Gasteiger partial charge in [-0.15, -0.1) is 0 Å². The lowest BCUT2D eigenvalue weighted by Gasteiger charge is -2.32. The minimum Gasteiger partial charge on any atom is -0.481 e. The summed E-state index contributed by atoms with van der Waals surface area (Å²) in [6.07, 6.45) is 9.31. The van der Waals surface area contributed by atoms with E-state index in [1.807, 2.05) is 0 Å². The predicted octanol–water partition coefficient (Wildman–Crippen LogP) is 1.99. The van der Waals surface area contributed by atoms with Gasteiger partial charge in [0.05, 0.1) is 18.2 Å². The number of piperidine rings is 1. The molecule has 5 rings (SSSR count). The predicted molar refractivity (Wildman–Crippen MR) is 119 cm³/mol. The van der Waals surface area contributed by atoms with Gasteiger partial charge in [-0.1, -0.05) is 0 Å². The number of hydrogen-bond donors (Lipinski definition) is 2. The molecule has 1 saturated heterocycles. The van der Waals surface area contributed by atoms with Crippen molar-refractivity contribution in [2.24, 2.45) is 0 Å². The number of likely N-dealkylation sites (tertiary alicyclic amines) is 1. The molecule has 0 unspecified atom stereocenters.